The van der Waals surface area contributed by atoms with Crippen LogP contribution in [0.3, 0.4) is 0 Å². The average Bonchev–Trinajstić information content (AvgIpc) is 2.85. The van der Waals surface area contributed by atoms with Crippen molar-refractivity contribution in [3.63, 3.8) is 0 Å². The topological polar surface area (TPSA) is 33.7 Å². The van der Waals surface area contributed by atoms with E-state index in [9.17, 15) is 0 Å². The maximum absolute atomic E-state index is 5.46. The predicted octanol–water partition coefficient (Wildman–Crippen LogP) is 1.85. The minimum atomic E-state index is 0.341. The largest absolute Gasteiger partial charge is 0.454 e. The number of fused-ring (bicyclic) bond motifs is 1. The fourth-order valence-electron chi connectivity index (χ4n) is 2.71. The van der Waals surface area contributed by atoms with Crippen molar-refractivity contribution in [1.82, 2.24) is 5.32 Å². The third kappa shape index (κ3) is 2.01. The van der Waals surface area contributed by atoms with Gasteiger partial charge < -0.3 is 19.7 Å². The maximum atomic E-state index is 5.46. The number of ether oxygens (including phenoxy) is 2. The summed E-state index contributed by atoms with van der Waals surface area (Å²) >= 11 is 0. The predicted molar refractivity (Wildman–Crippen MR) is 71.4 cm³/mol. The third-order valence-corrected chi connectivity index (χ3v) is 3.74. The molecule has 0 radical (unpaired) electrons. The van der Waals surface area contributed by atoms with Crippen LogP contribution in [-0.2, 0) is 0 Å². The molecular weight excluding hydrogens is 228 g/mol. The smallest absolute Gasteiger partial charge is 0.231 e. The van der Waals surface area contributed by atoms with E-state index in [0.717, 1.165) is 31.1 Å². The van der Waals surface area contributed by atoms with E-state index >= 15 is 0 Å². The Morgan fingerprint density at radius 1 is 1.28 bits per heavy atom. The molecule has 0 amide bonds. The zero-order chi connectivity index (χ0) is 12.5. The van der Waals surface area contributed by atoms with Gasteiger partial charge in [-0.25, -0.2) is 0 Å². The van der Waals surface area contributed by atoms with Gasteiger partial charge in [-0.3, -0.25) is 0 Å². The van der Waals surface area contributed by atoms with Gasteiger partial charge in [-0.05, 0) is 18.1 Å². The van der Waals surface area contributed by atoms with Gasteiger partial charge >= 0.3 is 0 Å². The molecule has 0 saturated carbocycles. The van der Waals surface area contributed by atoms with Crippen molar-refractivity contribution in [1.29, 1.82) is 0 Å². The summed E-state index contributed by atoms with van der Waals surface area (Å²) < 4.78 is 10.8. The van der Waals surface area contributed by atoms with Crippen LogP contribution in [0.25, 0.3) is 0 Å². The van der Waals surface area contributed by atoms with Crippen LogP contribution in [0.5, 0.6) is 11.5 Å². The fourth-order valence-corrected chi connectivity index (χ4v) is 2.71. The second kappa shape index (κ2) is 4.69. The first-order valence-corrected chi connectivity index (χ1v) is 6.63. The molecule has 1 saturated heterocycles. The van der Waals surface area contributed by atoms with Crippen molar-refractivity contribution in [2.75, 3.05) is 31.3 Å². The highest BCUT2D eigenvalue weighted by Crippen LogP contribution is 2.36. The van der Waals surface area contributed by atoms with Crippen LogP contribution in [0.4, 0.5) is 5.69 Å². The fraction of sp³-hybridized carbons (Fsp3) is 0.571. The van der Waals surface area contributed by atoms with Crippen LogP contribution in [0, 0.1) is 5.92 Å². The summed E-state index contributed by atoms with van der Waals surface area (Å²) in [6.07, 6.45) is 0. The first-order valence-electron chi connectivity index (χ1n) is 6.63. The van der Waals surface area contributed by atoms with E-state index in [2.05, 4.69) is 36.2 Å². The Balaban J connectivity index is 1.88. The van der Waals surface area contributed by atoms with Gasteiger partial charge in [-0.15, -0.1) is 0 Å². The number of anilines is 1. The molecule has 1 unspecified atom stereocenters. The van der Waals surface area contributed by atoms with E-state index in [4.69, 9.17) is 9.47 Å². The standard InChI is InChI=1S/C14H20N2O2/c1-10(2)12-8-15-5-6-16(12)11-3-4-13-14(7-11)18-9-17-13/h3-4,7,10,12,15H,5-6,8-9H2,1-2H3. The van der Waals surface area contributed by atoms with Crippen LogP contribution >= 0.6 is 0 Å². The molecule has 2 aliphatic heterocycles. The summed E-state index contributed by atoms with van der Waals surface area (Å²) in [7, 11) is 0. The minimum Gasteiger partial charge on any atom is -0.454 e. The van der Waals surface area contributed by atoms with E-state index in [-0.39, 0.29) is 0 Å². The van der Waals surface area contributed by atoms with Crippen molar-refractivity contribution in [3.8, 4) is 11.5 Å². The van der Waals surface area contributed by atoms with Gasteiger partial charge in [-0.2, -0.15) is 0 Å². The molecule has 0 bridgehead atoms. The lowest BCUT2D eigenvalue weighted by atomic mass is 9.99. The number of nitrogens with one attached hydrogen (secondary N) is 1. The number of benzene rings is 1. The molecule has 18 heavy (non-hydrogen) atoms. The summed E-state index contributed by atoms with van der Waals surface area (Å²) in [5, 5.41) is 3.47. The molecule has 3 rings (SSSR count). The molecule has 1 fully saturated rings. The molecule has 0 spiro atoms. The Kier molecular flexibility index (Phi) is 3.04. The quantitative estimate of drug-likeness (QED) is 0.866. The summed E-state index contributed by atoms with van der Waals surface area (Å²) in [4.78, 5) is 2.48. The van der Waals surface area contributed by atoms with E-state index in [0.29, 0.717) is 18.8 Å². The van der Waals surface area contributed by atoms with Gasteiger partial charge in [0.25, 0.3) is 0 Å². The van der Waals surface area contributed by atoms with Crippen molar-refractivity contribution in [3.05, 3.63) is 18.2 Å². The summed E-state index contributed by atoms with van der Waals surface area (Å²) in [5.74, 6) is 2.35. The van der Waals surface area contributed by atoms with E-state index in [1.165, 1.54) is 5.69 Å². The zero-order valence-corrected chi connectivity index (χ0v) is 11.0. The number of rotatable bonds is 2. The Morgan fingerprint density at radius 3 is 2.94 bits per heavy atom. The molecule has 1 atom stereocenters. The van der Waals surface area contributed by atoms with Gasteiger partial charge in [0.1, 0.15) is 0 Å². The second-order valence-electron chi connectivity index (χ2n) is 5.25. The maximum Gasteiger partial charge on any atom is 0.231 e. The minimum absolute atomic E-state index is 0.341. The summed E-state index contributed by atoms with van der Waals surface area (Å²) in [6, 6.07) is 6.79. The molecular formula is C14H20N2O2. The van der Waals surface area contributed by atoms with Crippen LogP contribution in [0.15, 0.2) is 18.2 Å². The summed E-state index contributed by atoms with van der Waals surface area (Å²) in [5.41, 5.74) is 1.24. The number of nitrogens with zero attached hydrogens (tertiary/aromatic N) is 1. The molecule has 1 aromatic carbocycles. The summed E-state index contributed by atoms with van der Waals surface area (Å²) in [6.45, 7) is 8.02. The molecule has 0 aromatic heterocycles. The van der Waals surface area contributed by atoms with Crippen LogP contribution in [-0.4, -0.2) is 32.5 Å². The van der Waals surface area contributed by atoms with E-state index in [1.54, 1.807) is 0 Å². The van der Waals surface area contributed by atoms with Gasteiger partial charge in [0, 0.05) is 37.4 Å². The average molecular weight is 248 g/mol. The molecule has 1 aromatic rings. The Morgan fingerprint density at radius 2 is 2.11 bits per heavy atom. The van der Waals surface area contributed by atoms with E-state index < -0.39 is 0 Å². The van der Waals surface area contributed by atoms with Crippen molar-refractivity contribution < 1.29 is 9.47 Å². The molecule has 4 nitrogen and oxygen atoms in total. The lowest BCUT2D eigenvalue weighted by molar-refractivity contribution is 0.174. The van der Waals surface area contributed by atoms with Crippen molar-refractivity contribution in [2.45, 2.75) is 19.9 Å². The SMILES string of the molecule is CC(C)C1CNCCN1c1ccc2c(c1)OCO2. The lowest BCUT2D eigenvalue weighted by Gasteiger charge is -2.40. The molecule has 0 aliphatic carbocycles. The number of piperazine rings is 1. The Hall–Kier alpha value is -1.42. The molecule has 1 N–H and O–H groups in total. The van der Waals surface area contributed by atoms with Crippen LogP contribution < -0.4 is 19.7 Å². The van der Waals surface area contributed by atoms with Gasteiger partial charge in [0.2, 0.25) is 6.79 Å². The molecule has 4 heteroatoms. The van der Waals surface area contributed by atoms with Crippen molar-refractivity contribution >= 4 is 5.69 Å². The van der Waals surface area contributed by atoms with Crippen LogP contribution in [0.2, 0.25) is 0 Å². The second-order valence-corrected chi connectivity index (χ2v) is 5.25. The first-order chi connectivity index (χ1) is 8.75. The van der Waals surface area contributed by atoms with Gasteiger partial charge in [0.15, 0.2) is 11.5 Å². The number of hydrogen-bond acceptors (Lipinski definition) is 4. The van der Waals surface area contributed by atoms with Gasteiger partial charge in [0.05, 0.1) is 0 Å². The Bertz CT molecular complexity index is 434. The van der Waals surface area contributed by atoms with Crippen LogP contribution in [0.1, 0.15) is 13.8 Å². The molecule has 98 valence electrons. The highest BCUT2D eigenvalue weighted by molar-refractivity contribution is 5.58. The Labute approximate surface area is 108 Å². The molecule has 2 heterocycles. The lowest BCUT2D eigenvalue weighted by Crippen LogP contribution is -2.53. The van der Waals surface area contributed by atoms with Gasteiger partial charge in [-0.1, -0.05) is 13.8 Å². The highest BCUT2D eigenvalue weighted by atomic mass is 16.7. The monoisotopic (exact) mass is 248 g/mol. The highest BCUT2D eigenvalue weighted by Gasteiger charge is 2.26. The normalized spacial score (nSPS) is 22.6. The first kappa shape index (κ1) is 11.7. The van der Waals surface area contributed by atoms with E-state index in [1.807, 2.05) is 6.07 Å². The number of hydrogen-bond donors (Lipinski definition) is 1. The molecule has 2 aliphatic rings. The third-order valence-electron chi connectivity index (χ3n) is 3.74. The zero-order valence-electron chi connectivity index (χ0n) is 11.0. The van der Waals surface area contributed by atoms with Crippen molar-refractivity contribution in [2.24, 2.45) is 5.92 Å².